The molecule has 1 aromatic rings. The Labute approximate surface area is 128 Å². The summed E-state index contributed by atoms with van der Waals surface area (Å²) < 4.78 is 12.3. The smallest absolute Gasteiger partial charge is 0.150 e. The van der Waals surface area contributed by atoms with Crippen LogP contribution in [-0.4, -0.2) is 49.6 Å². The quantitative estimate of drug-likeness (QED) is 0.772. The Balaban J connectivity index is 1.90. The van der Waals surface area contributed by atoms with Crippen LogP contribution in [0.1, 0.15) is 24.2 Å². The molecule has 0 spiro atoms. The van der Waals surface area contributed by atoms with Crippen LogP contribution in [-0.2, 0) is 4.74 Å². The Kier molecular flexibility index (Phi) is 5.57. The van der Waals surface area contributed by atoms with Gasteiger partial charge in [0.25, 0.3) is 0 Å². The van der Waals surface area contributed by atoms with Crippen molar-refractivity contribution in [1.29, 1.82) is 0 Å². The van der Waals surface area contributed by atoms with Gasteiger partial charge >= 0.3 is 0 Å². The van der Waals surface area contributed by atoms with Crippen LogP contribution in [0.3, 0.4) is 0 Å². The van der Waals surface area contributed by atoms with Crippen LogP contribution in [0, 0.1) is 0 Å². The molecule has 0 radical (unpaired) electrons. The predicted molar refractivity (Wildman–Crippen MR) is 81.5 cm³/mol. The van der Waals surface area contributed by atoms with E-state index in [1.807, 2.05) is 0 Å². The highest BCUT2D eigenvalue weighted by atomic mass is 79.9. The van der Waals surface area contributed by atoms with Gasteiger partial charge in [-0.3, -0.25) is 9.69 Å². The summed E-state index contributed by atoms with van der Waals surface area (Å²) in [4.78, 5) is 13.1. The molecule has 5 heteroatoms. The molecular formula is C15H20BrNO3. The number of hydrogen-bond donors (Lipinski definition) is 0. The number of halogens is 1. The maximum Gasteiger partial charge on any atom is 0.150 e. The fraction of sp³-hybridized carbons (Fsp3) is 0.533. The van der Waals surface area contributed by atoms with Crippen LogP contribution < -0.4 is 4.74 Å². The van der Waals surface area contributed by atoms with E-state index in [2.05, 4.69) is 34.7 Å². The van der Waals surface area contributed by atoms with Crippen LogP contribution in [0.25, 0.3) is 0 Å². The molecule has 1 heterocycles. The lowest BCUT2D eigenvalue weighted by atomic mass is 10.2. The number of ether oxygens (including phenoxy) is 2. The van der Waals surface area contributed by atoms with E-state index in [9.17, 15) is 4.79 Å². The molecule has 0 amide bonds. The molecule has 1 saturated heterocycles. The van der Waals surface area contributed by atoms with Gasteiger partial charge in [0.05, 0.1) is 11.1 Å². The molecule has 0 aromatic heterocycles. The minimum Gasteiger partial charge on any atom is -0.490 e. The lowest BCUT2D eigenvalue weighted by Crippen LogP contribution is -2.47. The second-order valence-corrected chi connectivity index (χ2v) is 6.05. The Bertz CT molecular complexity index is 464. The Morgan fingerprint density at radius 1 is 1.55 bits per heavy atom. The highest BCUT2D eigenvalue weighted by Gasteiger charge is 2.22. The highest BCUT2D eigenvalue weighted by Crippen LogP contribution is 2.26. The van der Waals surface area contributed by atoms with Crippen molar-refractivity contribution in [3.05, 3.63) is 28.2 Å². The van der Waals surface area contributed by atoms with Crippen molar-refractivity contribution in [2.24, 2.45) is 0 Å². The molecule has 110 valence electrons. The van der Waals surface area contributed by atoms with Gasteiger partial charge in [-0.15, -0.1) is 0 Å². The van der Waals surface area contributed by atoms with Crippen LogP contribution in [0.4, 0.5) is 0 Å². The third-order valence-electron chi connectivity index (χ3n) is 3.42. The lowest BCUT2D eigenvalue weighted by molar-refractivity contribution is -0.0565. The van der Waals surface area contributed by atoms with Crippen molar-refractivity contribution in [3.8, 4) is 5.75 Å². The first-order valence-electron chi connectivity index (χ1n) is 6.83. The van der Waals surface area contributed by atoms with E-state index in [4.69, 9.17) is 9.47 Å². The molecule has 1 aliphatic heterocycles. The molecule has 20 heavy (non-hydrogen) atoms. The van der Waals surface area contributed by atoms with Crippen molar-refractivity contribution in [1.82, 2.24) is 4.90 Å². The summed E-state index contributed by atoms with van der Waals surface area (Å²) in [5.41, 5.74) is 0.629. The minimum atomic E-state index is 0.0868. The second kappa shape index (κ2) is 7.20. The summed E-state index contributed by atoms with van der Waals surface area (Å²) in [6, 6.07) is 5.83. The molecule has 4 nitrogen and oxygen atoms in total. The first kappa shape index (κ1) is 15.5. The van der Waals surface area contributed by atoms with Crippen LogP contribution in [0.2, 0.25) is 0 Å². The maximum absolute atomic E-state index is 10.7. The normalized spacial score (nSPS) is 20.1. The van der Waals surface area contributed by atoms with Gasteiger partial charge in [-0.05, 0) is 48.0 Å². The topological polar surface area (TPSA) is 38.8 Å². The van der Waals surface area contributed by atoms with Crippen molar-refractivity contribution < 1.29 is 14.3 Å². The van der Waals surface area contributed by atoms with Crippen molar-refractivity contribution in [2.75, 3.05) is 26.3 Å². The van der Waals surface area contributed by atoms with Gasteiger partial charge in [0, 0.05) is 24.7 Å². The van der Waals surface area contributed by atoms with Crippen LogP contribution in [0.15, 0.2) is 22.7 Å². The van der Waals surface area contributed by atoms with Crippen LogP contribution >= 0.6 is 15.9 Å². The van der Waals surface area contributed by atoms with Gasteiger partial charge in [-0.2, -0.15) is 0 Å². The van der Waals surface area contributed by atoms with Gasteiger partial charge in [0.2, 0.25) is 0 Å². The summed E-state index contributed by atoms with van der Waals surface area (Å²) in [5.74, 6) is 0.737. The molecule has 1 aromatic carbocycles. The first-order chi connectivity index (χ1) is 9.60. The molecule has 0 saturated carbocycles. The third-order valence-corrected chi connectivity index (χ3v) is 4.04. The van der Waals surface area contributed by atoms with Gasteiger partial charge in [-0.25, -0.2) is 0 Å². The van der Waals surface area contributed by atoms with Gasteiger partial charge in [0.1, 0.15) is 24.7 Å². The zero-order valence-corrected chi connectivity index (χ0v) is 13.4. The first-order valence-corrected chi connectivity index (χ1v) is 7.62. The van der Waals surface area contributed by atoms with E-state index in [0.717, 1.165) is 36.2 Å². The van der Waals surface area contributed by atoms with Gasteiger partial charge in [0.15, 0.2) is 0 Å². The number of hydrogen-bond acceptors (Lipinski definition) is 4. The fourth-order valence-corrected chi connectivity index (χ4v) is 2.71. The number of nitrogens with zero attached hydrogens (tertiary/aromatic N) is 1. The number of carbonyl (C=O) groups excluding carboxylic acids is 1. The summed E-state index contributed by atoms with van der Waals surface area (Å²) in [6.45, 7) is 7.52. The van der Waals surface area contributed by atoms with Crippen molar-refractivity contribution in [3.63, 3.8) is 0 Å². The summed E-state index contributed by atoms with van der Waals surface area (Å²) >= 11 is 3.41. The third kappa shape index (κ3) is 4.04. The average molecular weight is 342 g/mol. The van der Waals surface area contributed by atoms with Gasteiger partial charge in [-0.1, -0.05) is 0 Å². The van der Waals surface area contributed by atoms with Crippen molar-refractivity contribution >= 4 is 22.2 Å². The number of benzene rings is 1. The predicted octanol–water partition coefficient (Wildman–Crippen LogP) is 2.75. The molecule has 2 rings (SSSR count). The van der Waals surface area contributed by atoms with E-state index in [1.165, 1.54) is 0 Å². The zero-order valence-electron chi connectivity index (χ0n) is 11.8. The highest BCUT2D eigenvalue weighted by molar-refractivity contribution is 9.10. The molecule has 0 bridgehead atoms. The molecule has 0 aliphatic carbocycles. The standard InChI is InChI=1S/C15H20BrNO3/c1-11(2)17-5-6-19-13(8-17)10-20-15-4-3-12(9-18)7-14(15)16/h3-4,7,9,11,13H,5-6,8,10H2,1-2H3. The van der Waals surface area contributed by atoms with Gasteiger partial charge < -0.3 is 9.47 Å². The van der Waals surface area contributed by atoms with Crippen molar-refractivity contribution in [2.45, 2.75) is 26.0 Å². The number of aldehydes is 1. The summed E-state index contributed by atoms with van der Waals surface area (Å²) in [5, 5.41) is 0. The number of carbonyl (C=O) groups is 1. The number of morpholine rings is 1. The lowest BCUT2D eigenvalue weighted by Gasteiger charge is -2.35. The molecule has 0 N–H and O–H groups in total. The van der Waals surface area contributed by atoms with E-state index < -0.39 is 0 Å². The average Bonchev–Trinajstić information content (AvgIpc) is 2.46. The fourth-order valence-electron chi connectivity index (χ4n) is 2.20. The largest absolute Gasteiger partial charge is 0.490 e. The second-order valence-electron chi connectivity index (χ2n) is 5.20. The Morgan fingerprint density at radius 2 is 2.35 bits per heavy atom. The Hall–Kier alpha value is -0.910. The van der Waals surface area contributed by atoms with E-state index in [-0.39, 0.29) is 6.10 Å². The maximum atomic E-state index is 10.7. The minimum absolute atomic E-state index is 0.0868. The summed E-state index contributed by atoms with van der Waals surface area (Å²) in [6.07, 6.45) is 0.906. The Morgan fingerprint density at radius 3 is 3.00 bits per heavy atom. The molecule has 1 unspecified atom stereocenters. The van der Waals surface area contributed by atoms with Crippen LogP contribution in [0.5, 0.6) is 5.75 Å². The van der Waals surface area contributed by atoms with E-state index in [0.29, 0.717) is 18.2 Å². The summed E-state index contributed by atoms with van der Waals surface area (Å²) in [7, 11) is 0. The van der Waals surface area contributed by atoms with E-state index >= 15 is 0 Å². The number of rotatable bonds is 5. The molecule has 1 atom stereocenters. The SMILES string of the molecule is CC(C)N1CCOC(COc2ccc(C=O)cc2Br)C1. The molecular weight excluding hydrogens is 322 g/mol. The zero-order chi connectivity index (χ0) is 14.5. The van der Waals surface area contributed by atoms with E-state index in [1.54, 1.807) is 18.2 Å². The molecule has 1 aliphatic rings. The molecule has 1 fully saturated rings. The monoisotopic (exact) mass is 341 g/mol.